The molecule has 1 aromatic heterocycles. The van der Waals surface area contributed by atoms with Crippen LogP contribution in [0.1, 0.15) is 29.9 Å². The second-order valence-electron chi connectivity index (χ2n) is 4.34. The number of nitrogens with one attached hydrogen (secondary N) is 1. The summed E-state index contributed by atoms with van der Waals surface area (Å²) in [5, 5.41) is 2.99. The van der Waals surface area contributed by atoms with Crippen molar-refractivity contribution in [2.45, 2.75) is 19.9 Å². The number of hydrogen-bond acceptors (Lipinski definition) is 3. The van der Waals surface area contributed by atoms with Crippen molar-refractivity contribution < 1.29 is 13.2 Å². The molecule has 2 rings (SSSR count). The summed E-state index contributed by atoms with van der Waals surface area (Å²) in [7, 11) is 0. The minimum absolute atomic E-state index is 0.00361. The van der Waals surface area contributed by atoms with Crippen LogP contribution in [0.25, 0.3) is 0 Å². The molecule has 0 aliphatic heterocycles. The summed E-state index contributed by atoms with van der Waals surface area (Å²) in [6.45, 7) is 4.11. The van der Waals surface area contributed by atoms with Crippen LogP contribution in [-0.2, 0) is 0 Å². The number of rotatable bonds is 4. The predicted molar refractivity (Wildman–Crippen MR) is 68.6 cm³/mol. The van der Waals surface area contributed by atoms with E-state index in [1.807, 2.05) is 6.92 Å². The lowest BCUT2D eigenvalue weighted by molar-refractivity contribution is 0.432. The highest BCUT2D eigenvalue weighted by Crippen LogP contribution is 2.25. The number of aromatic nitrogens is 2. The minimum atomic E-state index is -1.48. The first-order valence-corrected chi connectivity index (χ1v) is 6.20. The molecule has 1 atom stereocenters. The van der Waals surface area contributed by atoms with Gasteiger partial charge >= 0.3 is 0 Å². The van der Waals surface area contributed by atoms with E-state index in [2.05, 4.69) is 15.3 Å². The van der Waals surface area contributed by atoms with E-state index < -0.39 is 23.5 Å². The SMILES string of the molecule is CCNC(c1cnc(C)cn1)c1ccc(F)c(F)c1F. The molecule has 0 fully saturated rings. The van der Waals surface area contributed by atoms with Gasteiger partial charge in [-0.25, -0.2) is 13.2 Å². The van der Waals surface area contributed by atoms with Crippen molar-refractivity contribution in [2.75, 3.05) is 6.54 Å². The Balaban J connectivity index is 2.48. The van der Waals surface area contributed by atoms with Gasteiger partial charge in [0.1, 0.15) is 0 Å². The normalized spacial score (nSPS) is 12.4. The maximum absolute atomic E-state index is 13.9. The topological polar surface area (TPSA) is 37.8 Å². The van der Waals surface area contributed by atoms with Crippen molar-refractivity contribution in [3.05, 3.63) is 58.9 Å². The molecule has 0 saturated heterocycles. The molecule has 0 saturated carbocycles. The zero-order valence-corrected chi connectivity index (χ0v) is 11.1. The molecule has 0 amide bonds. The van der Waals surface area contributed by atoms with E-state index in [-0.39, 0.29) is 5.56 Å². The summed E-state index contributed by atoms with van der Waals surface area (Å²) >= 11 is 0. The van der Waals surface area contributed by atoms with Crippen LogP contribution in [0, 0.1) is 24.4 Å². The zero-order valence-electron chi connectivity index (χ0n) is 11.1. The second kappa shape index (κ2) is 6.00. The van der Waals surface area contributed by atoms with Crippen LogP contribution in [0.15, 0.2) is 24.5 Å². The van der Waals surface area contributed by atoms with Gasteiger partial charge in [-0.2, -0.15) is 0 Å². The van der Waals surface area contributed by atoms with Gasteiger partial charge in [0.2, 0.25) is 0 Å². The first-order valence-electron chi connectivity index (χ1n) is 6.20. The van der Waals surface area contributed by atoms with Gasteiger partial charge < -0.3 is 5.32 Å². The van der Waals surface area contributed by atoms with Gasteiger partial charge in [-0.05, 0) is 19.5 Å². The molecule has 3 nitrogen and oxygen atoms in total. The Labute approximate surface area is 114 Å². The summed E-state index contributed by atoms with van der Waals surface area (Å²) in [5.74, 6) is -3.90. The minimum Gasteiger partial charge on any atom is -0.305 e. The van der Waals surface area contributed by atoms with Crippen molar-refractivity contribution in [2.24, 2.45) is 0 Å². The highest BCUT2D eigenvalue weighted by molar-refractivity contribution is 5.29. The smallest absolute Gasteiger partial charge is 0.194 e. The Morgan fingerprint density at radius 2 is 1.85 bits per heavy atom. The molecular weight excluding hydrogens is 267 g/mol. The summed E-state index contributed by atoms with van der Waals surface area (Å²) in [4.78, 5) is 8.24. The third-order valence-electron chi connectivity index (χ3n) is 2.88. The Kier molecular flexibility index (Phi) is 4.34. The summed E-state index contributed by atoms with van der Waals surface area (Å²) in [6.07, 6.45) is 3.03. The lowest BCUT2D eigenvalue weighted by Gasteiger charge is -2.18. The van der Waals surface area contributed by atoms with Crippen LogP contribution >= 0.6 is 0 Å². The van der Waals surface area contributed by atoms with Crippen molar-refractivity contribution in [1.82, 2.24) is 15.3 Å². The largest absolute Gasteiger partial charge is 0.305 e. The maximum atomic E-state index is 13.9. The third kappa shape index (κ3) is 2.80. The van der Waals surface area contributed by atoms with E-state index in [0.29, 0.717) is 12.2 Å². The first-order chi connectivity index (χ1) is 9.54. The van der Waals surface area contributed by atoms with E-state index in [1.54, 1.807) is 6.92 Å². The van der Waals surface area contributed by atoms with Gasteiger partial charge in [-0.3, -0.25) is 9.97 Å². The third-order valence-corrected chi connectivity index (χ3v) is 2.88. The van der Waals surface area contributed by atoms with E-state index in [1.165, 1.54) is 18.5 Å². The van der Waals surface area contributed by atoms with Crippen molar-refractivity contribution in [3.8, 4) is 0 Å². The molecule has 0 spiro atoms. The molecule has 0 aliphatic rings. The van der Waals surface area contributed by atoms with Crippen molar-refractivity contribution >= 4 is 0 Å². The zero-order chi connectivity index (χ0) is 14.7. The maximum Gasteiger partial charge on any atom is 0.194 e. The molecule has 0 bridgehead atoms. The quantitative estimate of drug-likeness (QED) is 0.876. The van der Waals surface area contributed by atoms with Crippen LogP contribution in [0.4, 0.5) is 13.2 Å². The van der Waals surface area contributed by atoms with Gasteiger partial charge in [0.05, 0.1) is 23.6 Å². The monoisotopic (exact) mass is 281 g/mol. The Morgan fingerprint density at radius 1 is 1.10 bits per heavy atom. The van der Waals surface area contributed by atoms with Crippen LogP contribution in [-0.4, -0.2) is 16.5 Å². The second-order valence-corrected chi connectivity index (χ2v) is 4.34. The Hall–Kier alpha value is -1.95. The molecule has 20 heavy (non-hydrogen) atoms. The van der Waals surface area contributed by atoms with Gasteiger partial charge in [-0.1, -0.05) is 13.0 Å². The number of nitrogens with zero attached hydrogens (tertiary/aromatic N) is 2. The Bertz CT molecular complexity index is 599. The van der Waals surface area contributed by atoms with E-state index in [4.69, 9.17) is 0 Å². The number of aryl methyl sites for hydroxylation is 1. The van der Waals surface area contributed by atoms with E-state index in [9.17, 15) is 13.2 Å². The highest BCUT2D eigenvalue weighted by Gasteiger charge is 2.22. The van der Waals surface area contributed by atoms with Crippen LogP contribution in [0.5, 0.6) is 0 Å². The Morgan fingerprint density at radius 3 is 2.45 bits per heavy atom. The molecule has 106 valence electrons. The van der Waals surface area contributed by atoms with Gasteiger partial charge in [0.25, 0.3) is 0 Å². The fourth-order valence-corrected chi connectivity index (χ4v) is 1.89. The molecule has 0 radical (unpaired) electrons. The molecule has 1 aromatic carbocycles. The standard InChI is InChI=1S/C14H14F3N3/c1-3-18-14(11-7-19-8(2)6-20-11)9-4-5-10(15)13(17)12(9)16/h4-7,14,18H,3H2,1-2H3. The van der Waals surface area contributed by atoms with Gasteiger partial charge in [0.15, 0.2) is 17.5 Å². The van der Waals surface area contributed by atoms with Gasteiger partial charge in [-0.15, -0.1) is 0 Å². The van der Waals surface area contributed by atoms with Crippen molar-refractivity contribution in [1.29, 1.82) is 0 Å². The summed E-state index contributed by atoms with van der Waals surface area (Å²) in [6, 6.07) is 1.44. The molecule has 6 heteroatoms. The fraction of sp³-hybridized carbons (Fsp3) is 0.286. The average Bonchev–Trinajstić information content (AvgIpc) is 2.44. The number of benzene rings is 1. The molecule has 0 aliphatic carbocycles. The van der Waals surface area contributed by atoms with Gasteiger partial charge in [0, 0.05) is 11.8 Å². The first kappa shape index (κ1) is 14.5. The lowest BCUT2D eigenvalue weighted by Crippen LogP contribution is -2.24. The average molecular weight is 281 g/mol. The highest BCUT2D eigenvalue weighted by atomic mass is 19.2. The number of hydrogen-bond donors (Lipinski definition) is 1. The van der Waals surface area contributed by atoms with Crippen molar-refractivity contribution in [3.63, 3.8) is 0 Å². The van der Waals surface area contributed by atoms with Crippen LogP contribution < -0.4 is 5.32 Å². The summed E-state index contributed by atoms with van der Waals surface area (Å²) in [5.41, 5.74) is 1.17. The molecule has 2 aromatic rings. The van der Waals surface area contributed by atoms with E-state index in [0.717, 1.165) is 11.8 Å². The van der Waals surface area contributed by atoms with Crippen LogP contribution in [0.2, 0.25) is 0 Å². The van der Waals surface area contributed by atoms with E-state index >= 15 is 0 Å². The number of halogens is 3. The predicted octanol–water partition coefficient (Wildman–Crippen LogP) is 2.90. The molecule has 1 heterocycles. The molecule has 1 N–H and O–H groups in total. The molecular formula is C14H14F3N3. The molecule has 1 unspecified atom stereocenters. The fourth-order valence-electron chi connectivity index (χ4n) is 1.89. The van der Waals surface area contributed by atoms with Crippen LogP contribution in [0.3, 0.4) is 0 Å². The summed E-state index contributed by atoms with van der Waals surface area (Å²) < 4.78 is 40.3. The lowest BCUT2D eigenvalue weighted by atomic mass is 10.0.